The SMILES string of the molecule is CN(C)c1c(N)n(C)c(=O)n(CC(=O)Nc2ccccc2C#N)c1=O. The number of aromatic nitrogens is 2. The van der Waals surface area contributed by atoms with Crippen LogP contribution in [0.25, 0.3) is 0 Å². The number of para-hydroxylation sites is 1. The summed E-state index contributed by atoms with van der Waals surface area (Å²) >= 11 is 0. The van der Waals surface area contributed by atoms with Crippen molar-refractivity contribution in [2.75, 3.05) is 30.0 Å². The van der Waals surface area contributed by atoms with Gasteiger partial charge in [-0.1, -0.05) is 12.1 Å². The van der Waals surface area contributed by atoms with Crippen LogP contribution in [0.15, 0.2) is 33.9 Å². The van der Waals surface area contributed by atoms with E-state index in [1.54, 1.807) is 38.4 Å². The molecule has 9 nitrogen and oxygen atoms in total. The zero-order chi connectivity index (χ0) is 18.7. The summed E-state index contributed by atoms with van der Waals surface area (Å²) in [5.41, 5.74) is 5.17. The standard InChI is InChI=1S/C16H18N6O3/c1-20(2)13-14(18)21(3)16(25)22(15(13)24)9-12(23)19-11-7-5-4-6-10(11)8-17/h4-7H,9,18H2,1-3H3,(H,19,23). The van der Waals surface area contributed by atoms with E-state index in [0.717, 1.165) is 9.13 Å². The minimum absolute atomic E-state index is 0.0199. The zero-order valence-corrected chi connectivity index (χ0v) is 14.1. The summed E-state index contributed by atoms with van der Waals surface area (Å²) in [6.07, 6.45) is 0. The third-order valence-electron chi connectivity index (χ3n) is 3.64. The van der Waals surface area contributed by atoms with E-state index in [9.17, 15) is 14.4 Å². The van der Waals surface area contributed by atoms with Gasteiger partial charge in [0.2, 0.25) is 5.91 Å². The average molecular weight is 342 g/mol. The fraction of sp³-hybridized carbons (Fsp3) is 0.250. The first-order valence-electron chi connectivity index (χ1n) is 7.33. The molecule has 1 amide bonds. The molecule has 0 fully saturated rings. The zero-order valence-electron chi connectivity index (χ0n) is 14.1. The lowest BCUT2D eigenvalue weighted by atomic mass is 10.2. The summed E-state index contributed by atoms with van der Waals surface area (Å²) in [5, 5.41) is 11.6. The smallest absolute Gasteiger partial charge is 0.332 e. The maximum absolute atomic E-state index is 12.5. The normalized spacial score (nSPS) is 10.2. The number of amides is 1. The lowest BCUT2D eigenvalue weighted by Crippen LogP contribution is -2.44. The molecule has 9 heteroatoms. The lowest BCUT2D eigenvalue weighted by Gasteiger charge is -2.18. The third kappa shape index (κ3) is 3.37. The van der Waals surface area contributed by atoms with E-state index < -0.39 is 23.7 Å². The topological polar surface area (TPSA) is 126 Å². The number of nitrogens with one attached hydrogen (secondary N) is 1. The molecule has 1 aromatic heterocycles. The summed E-state index contributed by atoms with van der Waals surface area (Å²) < 4.78 is 1.91. The molecular formula is C16H18N6O3. The van der Waals surface area contributed by atoms with Gasteiger partial charge in [-0.3, -0.25) is 14.2 Å². The first-order chi connectivity index (χ1) is 11.8. The second-order valence-corrected chi connectivity index (χ2v) is 5.57. The highest BCUT2D eigenvalue weighted by molar-refractivity contribution is 5.92. The molecule has 0 aliphatic heterocycles. The van der Waals surface area contributed by atoms with E-state index in [1.165, 1.54) is 11.9 Å². The Morgan fingerprint density at radius 2 is 1.96 bits per heavy atom. The second-order valence-electron chi connectivity index (χ2n) is 5.57. The molecule has 0 saturated heterocycles. The molecule has 0 aliphatic rings. The van der Waals surface area contributed by atoms with Crippen LogP contribution in [-0.4, -0.2) is 29.1 Å². The molecule has 25 heavy (non-hydrogen) atoms. The summed E-state index contributed by atoms with van der Waals surface area (Å²) in [6.45, 7) is -0.494. The molecule has 2 aromatic rings. The first kappa shape index (κ1) is 17.8. The van der Waals surface area contributed by atoms with Crippen molar-refractivity contribution in [2.24, 2.45) is 7.05 Å². The van der Waals surface area contributed by atoms with E-state index in [0.29, 0.717) is 5.69 Å². The maximum Gasteiger partial charge on any atom is 0.332 e. The highest BCUT2D eigenvalue weighted by Crippen LogP contribution is 2.14. The number of nitriles is 1. The van der Waals surface area contributed by atoms with Crippen molar-refractivity contribution in [1.82, 2.24) is 9.13 Å². The van der Waals surface area contributed by atoms with Crippen molar-refractivity contribution in [3.63, 3.8) is 0 Å². The minimum atomic E-state index is -0.697. The van der Waals surface area contributed by atoms with E-state index in [1.807, 2.05) is 6.07 Å². The van der Waals surface area contributed by atoms with E-state index >= 15 is 0 Å². The highest BCUT2D eigenvalue weighted by atomic mass is 16.2. The van der Waals surface area contributed by atoms with E-state index in [2.05, 4.69) is 5.32 Å². The Labute approximate surface area is 143 Å². The fourth-order valence-electron chi connectivity index (χ4n) is 2.35. The van der Waals surface area contributed by atoms with Crippen molar-refractivity contribution in [1.29, 1.82) is 5.26 Å². The van der Waals surface area contributed by atoms with Gasteiger partial charge >= 0.3 is 5.69 Å². The molecule has 0 aliphatic carbocycles. The van der Waals surface area contributed by atoms with Crippen LogP contribution in [0.1, 0.15) is 5.56 Å². The summed E-state index contributed by atoms with van der Waals surface area (Å²) in [4.78, 5) is 38.5. The van der Waals surface area contributed by atoms with Crippen LogP contribution < -0.4 is 27.2 Å². The van der Waals surface area contributed by atoms with E-state index in [4.69, 9.17) is 11.0 Å². The van der Waals surface area contributed by atoms with Crippen LogP contribution >= 0.6 is 0 Å². The quantitative estimate of drug-likeness (QED) is 0.786. The number of hydrogen-bond acceptors (Lipinski definition) is 6. The number of nitrogens with zero attached hydrogens (tertiary/aromatic N) is 4. The largest absolute Gasteiger partial charge is 0.383 e. The average Bonchev–Trinajstić information content (AvgIpc) is 2.57. The van der Waals surface area contributed by atoms with Crippen molar-refractivity contribution in [3.8, 4) is 6.07 Å². The monoisotopic (exact) mass is 342 g/mol. The predicted octanol–water partition coefficient (Wildman–Crippen LogP) is -0.294. The van der Waals surface area contributed by atoms with Crippen LogP contribution in [0.5, 0.6) is 0 Å². The molecule has 0 bridgehead atoms. The number of rotatable bonds is 4. The molecule has 0 radical (unpaired) electrons. The van der Waals surface area contributed by atoms with Crippen molar-refractivity contribution >= 4 is 23.1 Å². The fourth-order valence-corrected chi connectivity index (χ4v) is 2.35. The Kier molecular flexibility index (Phi) is 4.93. The van der Waals surface area contributed by atoms with E-state index in [-0.39, 0.29) is 17.1 Å². The number of anilines is 3. The third-order valence-corrected chi connectivity index (χ3v) is 3.64. The van der Waals surface area contributed by atoms with Gasteiger partial charge in [-0.25, -0.2) is 9.36 Å². The Morgan fingerprint density at radius 1 is 1.32 bits per heavy atom. The molecule has 1 heterocycles. The number of nitrogens with two attached hydrogens (primary N) is 1. The molecule has 0 atom stereocenters. The summed E-state index contributed by atoms with van der Waals surface area (Å²) in [5.74, 6) is -0.581. The molecular weight excluding hydrogens is 324 g/mol. The first-order valence-corrected chi connectivity index (χ1v) is 7.33. The molecule has 0 saturated carbocycles. The van der Waals surface area contributed by atoms with Gasteiger partial charge in [0.1, 0.15) is 24.1 Å². The van der Waals surface area contributed by atoms with Crippen molar-refractivity contribution < 1.29 is 4.79 Å². The Hall–Kier alpha value is -3.54. The molecule has 130 valence electrons. The Morgan fingerprint density at radius 3 is 2.56 bits per heavy atom. The summed E-state index contributed by atoms with van der Waals surface area (Å²) in [6, 6.07) is 8.39. The van der Waals surface area contributed by atoms with Gasteiger partial charge < -0.3 is 16.0 Å². The second kappa shape index (κ2) is 6.92. The Balaban J connectivity index is 2.41. The highest BCUT2D eigenvalue weighted by Gasteiger charge is 2.19. The number of carbonyl (C=O) groups excluding carboxylic acids is 1. The maximum atomic E-state index is 12.5. The van der Waals surface area contributed by atoms with Gasteiger partial charge in [0, 0.05) is 21.1 Å². The lowest BCUT2D eigenvalue weighted by molar-refractivity contribution is -0.116. The number of benzene rings is 1. The van der Waals surface area contributed by atoms with Gasteiger partial charge in [-0.2, -0.15) is 5.26 Å². The van der Waals surface area contributed by atoms with Crippen molar-refractivity contribution in [2.45, 2.75) is 6.54 Å². The van der Waals surface area contributed by atoms with Gasteiger partial charge in [0.25, 0.3) is 5.56 Å². The van der Waals surface area contributed by atoms with Gasteiger partial charge in [-0.15, -0.1) is 0 Å². The van der Waals surface area contributed by atoms with Gasteiger partial charge in [0.05, 0.1) is 11.3 Å². The van der Waals surface area contributed by atoms with Gasteiger partial charge in [-0.05, 0) is 12.1 Å². The predicted molar refractivity (Wildman–Crippen MR) is 94.5 cm³/mol. The molecule has 3 N–H and O–H groups in total. The van der Waals surface area contributed by atoms with Crippen LogP contribution in [0.2, 0.25) is 0 Å². The number of carbonyl (C=O) groups is 1. The van der Waals surface area contributed by atoms with Crippen LogP contribution in [0.4, 0.5) is 17.2 Å². The van der Waals surface area contributed by atoms with Gasteiger partial charge in [0.15, 0.2) is 0 Å². The summed E-state index contributed by atoms with van der Waals surface area (Å²) in [7, 11) is 4.65. The number of hydrogen-bond donors (Lipinski definition) is 2. The van der Waals surface area contributed by atoms with Crippen molar-refractivity contribution in [3.05, 3.63) is 50.7 Å². The van der Waals surface area contributed by atoms with Crippen LogP contribution in [-0.2, 0) is 18.4 Å². The molecule has 1 aromatic carbocycles. The molecule has 0 unspecified atom stereocenters. The molecule has 2 rings (SSSR count). The van der Waals surface area contributed by atoms with Crippen LogP contribution in [0.3, 0.4) is 0 Å². The molecule has 0 spiro atoms. The number of nitrogen functional groups attached to an aromatic ring is 1. The minimum Gasteiger partial charge on any atom is -0.383 e. The van der Waals surface area contributed by atoms with Crippen LogP contribution in [0, 0.1) is 11.3 Å². The Bertz CT molecular complexity index is 981.